The summed E-state index contributed by atoms with van der Waals surface area (Å²) in [5.74, 6) is -1.13. The van der Waals surface area contributed by atoms with Gasteiger partial charge in [-0.15, -0.1) is 0 Å². The van der Waals surface area contributed by atoms with E-state index in [9.17, 15) is 15.0 Å². The molecule has 4 rings (SSSR count). The molecule has 4 nitrogen and oxygen atoms in total. The van der Waals surface area contributed by atoms with Crippen molar-refractivity contribution in [3.05, 3.63) is 96.1 Å². The smallest absolute Gasteiger partial charge is 0.828 e. The van der Waals surface area contributed by atoms with Gasteiger partial charge in [-0.3, -0.25) is 0 Å². The van der Waals surface area contributed by atoms with E-state index in [1.165, 1.54) is 0 Å². The van der Waals surface area contributed by atoms with Gasteiger partial charge in [-0.05, 0) is 44.8 Å². The number of fused-ring (bicyclic) bond motifs is 2. The molecule has 0 radical (unpaired) electrons. The predicted octanol–water partition coefficient (Wildman–Crippen LogP) is 2.39. The predicted molar refractivity (Wildman–Crippen MR) is 97.2 cm³/mol. The van der Waals surface area contributed by atoms with Crippen molar-refractivity contribution in [2.45, 2.75) is 6.29 Å². The van der Waals surface area contributed by atoms with Gasteiger partial charge in [-0.2, -0.15) is 0 Å². The molecule has 0 aliphatic heterocycles. The number of aliphatic hydroxyl groups is 1. The molecule has 1 N–H and O–H groups in total. The molecular weight excluding hydrogens is 384 g/mol. The maximum atomic E-state index is 10.7. The average molecular weight is 400 g/mol. The van der Waals surface area contributed by atoms with Gasteiger partial charge in [0.15, 0.2) is 0 Å². The molecule has 1 atom stereocenters. The fourth-order valence-corrected chi connectivity index (χ4v) is 2.68. The number of carbonyl (C=O) groups excluding carboxylic acids is 1. The molecular formula is C22H16FeO4. The van der Waals surface area contributed by atoms with Crippen molar-refractivity contribution in [2.75, 3.05) is 0 Å². The van der Waals surface area contributed by atoms with Crippen LogP contribution in [0.2, 0.25) is 0 Å². The molecule has 4 aromatic carbocycles. The molecule has 0 aliphatic carbocycles. The summed E-state index contributed by atoms with van der Waals surface area (Å²) in [6.07, 6.45) is -1.63. The Bertz CT molecular complexity index is 1060. The van der Waals surface area contributed by atoms with Crippen LogP contribution in [0.25, 0.3) is 21.5 Å². The van der Waals surface area contributed by atoms with Gasteiger partial charge >= 0.3 is 17.1 Å². The van der Waals surface area contributed by atoms with E-state index < -0.39 is 12.3 Å². The Kier molecular flexibility index (Phi) is 7.11. The summed E-state index contributed by atoms with van der Waals surface area (Å²) in [5, 5.41) is 34.1. The van der Waals surface area contributed by atoms with Gasteiger partial charge in [-0.25, -0.2) is 0 Å². The van der Waals surface area contributed by atoms with Crippen molar-refractivity contribution >= 4 is 27.5 Å². The van der Waals surface area contributed by atoms with Gasteiger partial charge in [-0.1, -0.05) is 72.8 Å². The van der Waals surface area contributed by atoms with E-state index in [0.717, 1.165) is 21.5 Å². The number of carbonyl (C=O) groups is 1. The Morgan fingerprint density at radius 3 is 1.74 bits per heavy atom. The third-order valence-electron chi connectivity index (χ3n) is 4.04. The van der Waals surface area contributed by atoms with Crippen molar-refractivity contribution in [3.8, 4) is 0 Å². The van der Waals surface area contributed by atoms with Gasteiger partial charge in [0, 0.05) is 6.29 Å². The minimum atomic E-state index is -1.63. The maximum Gasteiger partial charge on any atom is 2.00 e. The summed E-state index contributed by atoms with van der Waals surface area (Å²) in [6.45, 7) is 0. The first kappa shape index (κ1) is 20.6. The molecule has 136 valence electrons. The third-order valence-corrected chi connectivity index (χ3v) is 4.04. The molecule has 0 saturated heterocycles. The van der Waals surface area contributed by atoms with E-state index >= 15 is 0 Å². The Labute approximate surface area is 167 Å². The van der Waals surface area contributed by atoms with Crippen molar-refractivity contribution in [2.24, 2.45) is 0 Å². The quantitative estimate of drug-likeness (QED) is 0.414. The zero-order chi connectivity index (χ0) is 18.5. The van der Waals surface area contributed by atoms with Gasteiger partial charge in [0.25, 0.3) is 0 Å². The average Bonchev–Trinajstić information content (AvgIpc) is 2.67. The second kappa shape index (κ2) is 9.31. The molecule has 0 bridgehead atoms. The van der Waals surface area contributed by atoms with Gasteiger partial charge in [0.05, 0.1) is 5.97 Å². The fourth-order valence-electron chi connectivity index (χ4n) is 2.68. The largest absolute Gasteiger partial charge is 2.00 e. The molecule has 0 fully saturated rings. The Hall–Kier alpha value is -2.69. The molecule has 0 amide bonds. The number of benzene rings is 4. The first-order chi connectivity index (χ1) is 12.5. The van der Waals surface area contributed by atoms with Crippen molar-refractivity contribution in [1.29, 1.82) is 0 Å². The second-order valence-electron chi connectivity index (χ2n) is 5.81. The molecule has 0 heterocycles. The van der Waals surface area contributed by atoms with Crippen LogP contribution in [0.1, 0.15) is 22.2 Å². The van der Waals surface area contributed by atoms with Crippen LogP contribution in [0.4, 0.5) is 0 Å². The van der Waals surface area contributed by atoms with Crippen LogP contribution in [0.15, 0.2) is 84.9 Å². The molecule has 0 aromatic heterocycles. The Morgan fingerprint density at radius 1 is 0.741 bits per heavy atom. The monoisotopic (exact) mass is 400 g/mol. The number of hydrogen-bond acceptors (Lipinski definition) is 4. The Morgan fingerprint density at radius 2 is 1.22 bits per heavy atom. The van der Waals surface area contributed by atoms with Crippen molar-refractivity contribution in [3.63, 3.8) is 0 Å². The normalized spacial score (nSPS) is 11.2. The first-order valence-electron chi connectivity index (χ1n) is 8.07. The van der Waals surface area contributed by atoms with E-state index in [2.05, 4.69) is 0 Å². The number of carboxylic acids is 1. The van der Waals surface area contributed by atoms with Crippen molar-refractivity contribution in [1.82, 2.24) is 0 Å². The summed E-state index contributed by atoms with van der Waals surface area (Å²) in [4.78, 5) is 10.5. The zero-order valence-corrected chi connectivity index (χ0v) is 15.3. The summed E-state index contributed by atoms with van der Waals surface area (Å²) < 4.78 is 0. The van der Waals surface area contributed by atoms with Gasteiger partial charge < -0.3 is 20.1 Å². The zero-order valence-electron chi connectivity index (χ0n) is 14.2. The molecule has 1 unspecified atom stereocenters. The standard InChI is InChI=1S/C11H9O2.C11H8O2.Fe/c2*12-11(13)10-6-5-8-3-1-2-4-9(8)7-10;/h1-7,11-12H;1-7H,(H,12,13);/q-1;;+2/p-1. The summed E-state index contributed by atoms with van der Waals surface area (Å²) >= 11 is 0. The number of aliphatic hydroxyl groups excluding tert-OH is 1. The fraction of sp³-hybridized carbons (Fsp3) is 0.0455. The molecule has 4 aromatic rings. The SMILES string of the molecule is O=C([O-])c1ccc2ccccc2c1.[Fe+2].[O-]C(O)c1ccc2ccccc2c1. The van der Waals surface area contributed by atoms with Crippen LogP contribution in [-0.2, 0) is 17.1 Å². The summed E-state index contributed by atoms with van der Waals surface area (Å²) in [7, 11) is 0. The molecule has 0 spiro atoms. The van der Waals surface area contributed by atoms with E-state index in [1.807, 2.05) is 54.6 Å². The topological polar surface area (TPSA) is 83.4 Å². The summed E-state index contributed by atoms with van der Waals surface area (Å²) in [5.41, 5.74) is 0.636. The third kappa shape index (κ3) is 5.16. The number of aromatic carboxylic acids is 1. The van der Waals surface area contributed by atoms with Crippen LogP contribution in [-0.4, -0.2) is 11.1 Å². The second-order valence-corrected chi connectivity index (χ2v) is 5.81. The Balaban J connectivity index is 0.000000187. The number of rotatable bonds is 2. The van der Waals surface area contributed by atoms with E-state index in [0.29, 0.717) is 5.56 Å². The minimum absolute atomic E-state index is 0. The van der Waals surface area contributed by atoms with E-state index in [4.69, 9.17) is 5.11 Å². The van der Waals surface area contributed by atoms with Crippen LogP contribution >= 0.6 is 0 Å². The first-order valence-corrected chi connectivity index (χ1v) is 8.07. The number of carboxylic acid groups (broad SMARTS) is 1. The number of hydrogen-bond donors (Lipinski definition) is 1. The van der Waals surface area contributed by atoms with Crippen LogP contribution in [0.3, 0.4) is 0 Å². The molecule has 0 saturated carbocycles. The minimum Gasteiger partial charge on any atom is -0.828 e. The van der Waals surface area contributed by atoms with Gasteiger partial charge in [0.2, 0.25) is 0 Å². The van der Waals surface area contributed by atoms with Crippen molar-refractivity contribution < 1.29 is 37.2 Å². The molecule has 5 heteroatoms. The van der Waals surface area contributed by atoms with E-state index in [1.54, 1.807) is 30.3 Å². The van der Waals surface area contributed by atoms with Crippen LogP contribution < -0.4 is 10.2 Å². The molecule has 27 heavy (non-hydrogen) atoms. The summed E-state index contributed by atoms with van der Waals surface area (Å²) in [6, 6.07) is 25.5. The van der Waals surface area contributed by atoms with E-state index in [-0.39, 0.29) is 22.6 Å². The van der Waals surface area contributed by atoms with Crippen LogP contribution in [0, 0.1) is 0 Å². The molecule has 0 aliphatic rings. The van der Waals surface area contributed by atoms with Gasteiger partial charge in [0.1, 0.15) is 0 Å². The van der Waals surface area contributed by atoms with Crippen LogP contribution in [0.5, 0.6) is 0 Å². The maximum absolute atomic E-state index is 10.7.